The first kappa shape index (κ1) is 26.2. The molecule has 0 aliphatic heterocycles. The number of halogens is 2. The maximum atomic E-state index is 13.9. The van der Waals surface area contributed by atoms with E-state index in [2.05, 4.69) is 31.0 Å². The van der Waals surface area contributed by atoms with Gasteiger partial charge in [0.25, 0.3) is 0 Å². The molecule has 190 valence electrons. The van der Waals surface area contributed by atoms with Crippen molar-refractivity contribution < 1.29 is 14.3 Å². The Bertz CT molecular complexity index is 1610. The molecule has 11 heteroatoms. The summed E-state index contributed by atoms with van der Waals surface area (Å²) in [5.41, 5.74) is 4.35. The number of nitrogens with zero attached hydrogens (tertiary/aromatic N) is 6. The molecule has 0 amide bonds. The predicted molar refractivity (Wildman–Crippen MR) is 140 cm³/mol. The van der Waals surface area contributed by atoms with Crippen LogP contribution in [0.1, 0.15) is 29.3 Å². The minimum atomic E-state index is -1.05. The molecule has 0 saturated carbocycles. The van der Waals surface area contributed by atoms with Crippen LogP contribution in [0.4, 0.5) is 4.39 Å². The number of nitriles is 1. The van der Waals surface area contributed by atoms with Crippen molar-refractivity contribution in [2.45, 2.75) is 19.9 Å². The molecule has 0 atom stereocenters. The van der Waals surface area contributed by atoms with Crippen LogP contribution in [-0.2, 0) is 6.54 Å². The number of hydrogen-bond donors (Lipinski definition) is 2. The van der Waals surface area contributed by atoms with Crippen molar-refractivity contribution in [3.63, 3.8) is 0 Å². The van der Waals surface area contributed by atoms with Crippen molar-refractivity contribution in [3.05, 3.63) is 95.7 Å². The average molecular weight is 530 g/mol. The number of benzene rings is 1. The Labute approximate surface area is 222 Å². The van der Waals surface area contributed by atoms with E-state index in [-0.39, 0.29) is 10.6 Å². The molecule has 0 unspecified atom stereocenters. The summed E-state index contributed by atoms with van der Waals surface area (Å²) >= 11 is 5.78. The Morgan fingerprint density at radius 1 is 1.08 bits per heavy atom. The fourth-order valence-electron chi connectivity index (χ4n) is 3.66. The Morgan fingerprint density at radius 2 is 1.87 bits per heavy atom. The Balaban J connectivity index is 0.000000216. The smallest absolute Gasteiger partial charge is 0.335 e. The number of pyridine rings is 2. The number of aromatic carboxylic acids is 1. The van der Waals surface area contributed by atoms with E-state index in [1.165, 1.54) is 30.5 Å². The predicted octanol–water partition coefficient (Wildman–Crippen LogP) is 5.86. The number of carboxylic acids is 1. The van der Waals surface area contributed by atoms with Gasteiger partial charge in [-0.1, -0.05) is 24.6 Å². The van der Waals surface area contributed by atoms with E-state index < -0.39 is 11.8 Å². The monoisotopic (exact) mass is 529 g/mol. The van der Waals surface area contributed by atoms with Crippen molar-refractivity contribution in [1.82, 2.24) is 29.5 Å². The highest BCUT2D eigenvalue weighted by atomic mass is 35.5. The van der Waals surface area contributed by atoms with E-state index >= 15 is 0 Å². The highest BCUT2D eigenvalue weighted by molar-refractivity contribution is 6.30. The van der Waals surface area contributed by atoms with Crippen molar-refractivity contribution in [1.29, 1.82) is 5.26 Å². The second-order valence-corrected chi connectivity index (χ2v) is 8.40. The fourth-order valence-corrected chi connectivity index (χ4v) is 3.78. The molecule has 0 radical (unpaired) electrons. The summed E-state index contributed by atoms with van der Waals surface area (Å²) in [4.78, 5) is 30.8. The third kappa shape index (κ3) is 5.91. The first-order valence-electron chi connectivity index (χ1n) is 11.5. The molecular formula is C27H21ClFN7O2. The van der Waals surface area contributed by atoms with Crippen molar-refractivity contribution >= 4 is 17.6 Å². The Hall–Kier alpha value is -4.88. The molecule has 0 spiro atoms. The maximum absolute atomic E-state index is 13.9. The number of aryl methyl sites for hydroxylation is 1. The van der Waals surface area contributed by atoms with Gasteiger partial charge in [-0.15, -0.1) is 0 Å². The lowest BCUT2D eigenvalue weighted by Gasteiger charge is -2.10. The first-order valence-corrected chi connectivity index (χ1v) is 11.8. The molecule has 38 heavy (non-hydrogen) atoms. The standard InChI is InChI=1S/C18H15ClFN3O2.C9H6N4/c1-2-7-23-10-22-16(15-9-12(18(24)25)5-6-21-15)17(23)11-3-4-13(19)14(20)8-11;10-4-7-1-2-12-8(3-7)9-5-11-6-13-9/h3-6,8-10H,2,7H2,1H3,(H,24,25);1-3,5-6H,(H,11,13). The van der Waals surface area contributed by atoms with Crippen LogP contribution in [0.3, 0.4) is 0 Å². The zero-order chi connectivity index (χ0) is 27.1. The molecule has 2 N–H and O–H groups in total. The summed E-state index contributed by atoms with van der Waals surface area (Å²) in [5, 5.41) is 17.9. The van der Waals surface area contributed by atoms with Crippen LogP contribution >= 0.6 is 11.6 Å². The molecule has 0 aliphatic rings. The van der Waals surface area contributed by atoms with Gasteiger partial charge in [0.2, 0.25) is 0 Å². The number of aromatic nitrogens is 6. The van der Waals surface area contributed by atoms with Crippen LogP contribution < -0.4 is 0 Å². The molecule has 5 rings (SSSR count). The van der Waals surface area contributed by atoms with Gasteiger partial charge in [0.15, 0.2) is 0 Å². The van der Waals surface area contributed by atoms with Crippen molar-refractivity contribution in [2.24, 2.45) is 0 Å². The van der Waals surface area contributed by atoms with Crippen LogP contribution in [0.15, 0.2) is 73.7 Å². The molecule has 4 heterocycles. The Morgan fingerprint density at radius 3 is 2.55 bits per heavy atom. The minimum Gasteiger partial charge on any atom is -0.478 e. The Kier molecular flexibility index (Phi) is 8.20. The number of H-pyrrole nitrogens is 1. The summed E-state index contributed by atoms with van der Waals surface area (Å²) in [6.45, 7) is 2.71. The molecular weight excluding hydrogens is 509 g/mol. The first-order chi connectivity index (χ1) is 18.4. The van der Waals surface area contributed by atoms with Crippen LogP contribution in [0.5, 0.6) is 0 Å². The van der Waals surface area contributed by atoms with E-state index in [4.69, 9.17) is 16.9 Å². The van der Waals surface area contributed by atoms with E-state index in [9.17, 15) is 14.3 Å². The number of imidazole rings is 2. The van der Waals surface area contributed by atoms with Gasteiger partial charge in [0, 0.05) is 30.7 Å². The van der Waals surface area contributed by atoms with Gasteiger partial charge in [-0.05, 0) is 42.8 Å². The number of rotatable bonds is 6. The van der Waals surface area contributed by atoms with E-state index in [1.807, 2.05) is 11.5 Å². The summed E-state index contributed by atoms with van der Waals surface area (Å²) in [6.07, 6.45) is 8.85. The second kappa shape index (κ2) is 11.9. The SMILES string of the molecule is CCCn1cnc(-c2cc(C(=O)O)ccn2)c1-c1ccc(Cl)c(F)c1.N#Cc1ccnc(-c2c[nH]cn2)c1. The van der Waals surface area contributed by atoms with Gasteiger partial charge in [-0.3, -0.25) is 9.97 Å². The lowest BCUT2D eigenvalue weighted by molar-refractivity contribution is 0.0696. The molecule has 0 aliphatic carbocycles. The lowest BCUT2D eigenvalue weighted by atomic mass is 10.1. The lowest BCUT2D eigenvalue weighted by Crippen LogP contribution is -2.00. The van der Waals surface area contributed by atoms with Crippen molar-refractivity contribution in [2.75, 3.05) is 0 Å². The highest BCUT2D eigenvalue weighted by Gasteiger charge is 2.18. The largest absolute Gasteiger partial charge is 0.478 e. The third-order valence-electron chi connectivity index (χ3n) is 5.39. The molecule has 0 fully saturated rings. The minimum absolute atomic E-state index is 0.0397. The van der Waals surface area contributed by atoms with Crippen LogP contribution in [0.25, 0.3) is 34.0 Å². The number of carboxylic acid groups (broad SMARTS) is 1. The van der Waals surface area contributed by atoms with E-state index in [0.717, 1.165) is 12.1 Å². The average Bonchev–Trinajstić information content (AvgIpc) is 3.62. The number of nitrogens with one attached hydrogen (secondary N) is 1. The second-order valence-electron chi connectivity index (χ2n) is 7.99. The number of carbonyl (C=O) groups is 1. The van der Waals surface area contributed by atoms with Crippen LogP contribution in [0.2, 0.25) is 5.02 Å². The molecule has 0 saturated heterocycles. The molecule has 0 bridgehead atoms. The van der Waals surface area contributed by atoms with Gasteiger partial charge in [0.1, 0.15) is 17.2 Å². The summed E-state index contributed by atoms with van der Waals surface area (Å²) < 4.78 is 15.8. The van der Waals surface area contributed by atoms with E-state index in [1.54, 1.807) is 43.2 Å². The molecule has 1 aromatic carbocycles. The number of aromatic amines is 1. The third-order valence-corrected chi connectivity index (χ3v) is 5.70. The summed E-state index contributed by atoms with van der Waals surface area (Å²) in [5.74, 6) is -1.57. The zero-order valence-electron chi connectivity index (χ0n) is 20.1. The topological polar surface area (TPSA) is 133 Å². The van der Waals surface area contributed by atoms with Gasteiger partial charge in [0.05, 0.1) is 52.0 Å². The quantitative estimate of drug-likeness (QED) is 0.281. The fraction of sp³-hybridized carbons (Fsp3) is 0.111. The van der Waals surface area contributed by atoms with E-state index in [0.29, 0.717) is 40.4 Å². The molecule has 9 nitrogen and oxygen atoms in total. The maximum Gasteiger partial charge on any atom is 0.335 e. The van der Waals surface area contributed by atoms with Crippen LogP contribution in [-0.4, -0.2) is 40.6 Å². The molecule has 5 aromatic rings. The van der Waals surface area contributed by atoms with Gasteiger partial charge in [-0.25, -0.2) is 19.2 Å². The number of hydrogen-bond acceptors (Lipinski definition) is 6. The molecule has 4 aromatic heterocycles. The normalized spacial score (nSPS) is 10.4. The van der Waals surface area contributed by atoms with Gasteiger partial charge < -0.3 is 14.7 Å². The summed E-state index contributed by atoms with van der Waals surface area (Å²) in [6, 6.07) is 12.8. The van der Waals surface area contributed by atoms with Crippen molar-refractivity contribution in [3.8, 4) is 40.1 Å². The van der Waals surface area contributed by atoms with Gasteiger partial charge >= 0.3 is 5.97 Å². The summed E-state index contributed by atoms with van der Waals surface area (Å²) in [7, 11) is 0. The van der Waals surface area contributed by atoms with Gasteiger partial charge in [-0.2, -0.15) is 5.26 Å². The zero-order valence-corrected chi connectivity index (χ0v) is 20.9. The highest BCUT2D eigenvalue weighted by Crippen LogP contribution is 2.32. The van der Waals surface area contributed by atoms with Crippen LogP contribution in [0, 0.1) is 17.1 Å².